The molecule has 14 heteroatoms. The molecule has 0 spiro atoms. The quantitative estimate of drug-likeness (QED) is 0.335. The van der Waals surface area contributed by atoms with E-state index in [1.54, 1.807) is 30.5 Å². The van der Waals surface area contributed by atoms with E-state index in [1.165, 1.54) is 35.9 Å². The number of methoxy groups -OCH3 is 1. The van der Waals surface area contributed by atoms with Gasteiger partial charge in [-0.25, -0.2) is 9.67 Å². The highest BCUT2D eigenvalue weighted by Gasteiger charge is 2.49. The van der Waals surface area contributed by atoms with Crippen LogP contribution in [0.3, 0.4) is 0 Å². The molecule has 4 aromatic rings. The number of aliphatic hydroxyl groups is 1. The first-order chi connectivity index (χ1) is 17.7. The number of carbonyl (C=O) groups excluding carboxylic acids is 2. The summed E-state index contributed by atoms with van der Waals surface area (Å²) in [5.41, 5.74) is 4.74. The molecule has 0 saturated carbocycles. The van der Waals surface area contributed by atoms with Crippen molar-refractivity contribution in [1.29, 1.82) is 0 Å². The van der Waals surface area contributed by atoms with Crippen molar-refractivity contribution in [3.8, 4) is 11.6 Å². The molecule has 4 N–H and O–H groups in total. The highest BCUT2D eigenvalue weighted by atomic mass is 35.5. The van der Waals surface area contributed by atoms with Crippen LogP contribution < -0.4 is 20.7 Å². The normalized spacial score (nSPS) is 17.6. The van der Waals surface area contributed by atoms with Crippen molar-refractivity contribution in [2.45, 2.75) is 18.6 Å². The maximum atomic E-state index is 13.4. The number of benzene rings is 1. The van der Waals surface area contributed by atoms with Gasteiger partial charge in [-0.15, -0.1) is 5.10 Å². The molecule has 5 rings (SSSR count). The Morgan fingerprint density at radius 3 is 2.95 bits per heavy atom. The van der Waals surface area contributed by atoms with Crippen LogP contribution in [0.15, 0.2) is 47.2 Å². The lowest BCUT2D eigenvalue weighted by molar-refractivity contribution is -0.165. The van der Waals surface area contributed by atoms with Gasteiger partial charge in [0.15, 0.2) is 28.9 Å². The van der Waals surface area contributed by atoms with Crippen LogP contribution in [0, 0.1) is 0 Å². The van der Waals surface area contributed by atoms with Gasteiger partial charge < -0.3 is 30.2 Å². The van der Waals surface area contributed by atoms with Gasteiger partial charge >= 0.3 is 0 Å². The predicted molar refractivity (Wildman–Crippen MR) is 133 cm³/mol. The first-order valence-corrected chi connectivity index (χ1v) is 11.4. The third kappa shape index (κ3) is 4.43. The number of halogens is 1. The number of nitrogens with two attached hydrogens (primary N) is 1. The van der Waals surface area contributed by atoms with Crippen molar-refractivity contribution >= 4 is 51.7 Å². The minimum absolute atomic E-state index is 0.0371. The summed E-state index contributed by atoms with van der Waals surface area (Å²) in [5, 5.41) is 22.5. The van der Waals surface area contributed by atoms with Crippen LogP contribution in [0.4, 0.5) is 17.3 Å². The van der Waals surface area contributed by atoms with Crippen LogP contribution in [0.2, 0.25) is 5.02 Å². The second kappa shape index (κ2) is 9.35. The zero-order chi connectivity index (χ0) is 26.3. The van der Waals surface area contributed by atoms with Gasteiger partial charge in [0.1, 0.15) is 5.02 Å². The van der Waals surface area contributed by atoms with Crippen LogP contribution in [0.1, 0.15) is 6.92 Å². The topological polar surface area (TPSA) is 171 Å². The number of fused-ring (bicyclic) bond motifs is 1. The number of hydrogen-bond acceptors (Lipinski definition) is 10. The van der Waals surface area contributed by atoms with Gasteiger partial charge in [-0.3, -0.25) is 14.5 Å². The van der Waals surface area contributed by atoms with Gasteiger partial charge in [-0.05, 0) is 25.1 Å². The molecule has 1 fully saturated rings. The minimum atomic E-state index is -2.24. The van der Waals surface area contributed by atoms with Gasteiger partial charge in [-0.2, -0.15) is 0 Å². The van der Waals surface area contributed by atoms with Crippen molar-refractivity contribution in [1.82, 2.24) is 19.9 Å². The van der Waals surface area contributed by atoms with Crippen LogP contribution in [-0.2, 0) is 14.3 Å². The Morgan fingerprint density at radius 1 is 1.35 bits per heavy atom. The second-order valence-electron chi connectivity index (χ2n) is 8.42. The molecule has 1 saturated heterocycles. The lowest BCUT2D eigenvalue weighted by Gasteiger charge is -2.37. The maximum absolute atomic E-state index is 13.4. The molecule has 0 aliphatic carbocycles. The zero-order valence-corrected chi connectivity index (χ0v) is 20.5. The van der Waals surface area contributed by atoms with Gasteiger partial charge in [0.25, 0.3) is 11.8 Å². The summed E-state index contributed by atoms with van der Waals surface area (Å²) in [6.07, 6.45) is 1.55. The number of amides is 2. The first kappa shape index (κ1) is 24.5. The second-order valence-corrected chi connectivity index (χ2v) is 8.83. The fraction of sp³-hybridized carbons (Fsp3) is 0.261. The Morgan fingerprint density at radius 2 is 2.16 bits per heavy atom. The van der Waals surface area contributed by atoms with Crippen molar-refractivity contribution in [3.63, 3.8) is 0 Å². The van der Waals surface area contributed by atoms with E-state index >= 15 is 0 Å². The molecule has 2 amide bonds. The lowest BCUT2D eigenvalue weighted by atomic mass is 9.95. The number of rotatable bonds is 6. The van der Waals surface area contributed by atoms with Crippen LogP contribution in [0.5, 0.6) is 5.88 Å². The molecule has 192 valence electrons. The highest BCUT2D eigenvalue weighted by Crippen LogP contribution is 2.31. The van der Waals surface area contributed by atoms with Gasteiger partial charge in [0, 0.05) is 24.0 Å². The van der Waals surface area contributed by atoms with E-state index in [9.17, 15) is 14.7 Å². The number of carbonyl (C=O) groups is 2. The molecule has 0 radical (unpaired) electrons. The Hall–Kier alpha value is -4.20. The van der Waals surface area contributed by atoms with E-state index in [-0.39, 0.29) is 29.8 Å². The maximum Gasteiger partial charge on any atom is 0.261 e. The van der Waals surface area contributed by atoms with Crippen molar-refractivity contribution in [2.75, 3.05) is 36.2 Å². The largest absolute Gasteiger partial charge is 0.481 e. The number of morpholine rings is 1. The smallest absolute Gasteiger partial charge is 0.261 e. The first-order valence-electron chi connectivity index (χ1n) is 11.1. The fourth-order valence-corrected chi connectivity index (χ4v) is 4.15. The van der Waals surface area contributed by atoms with Gasteiger partial charge in [-0.1, -0.05) is 16.8 Å². The third-order valence-corrected chi connectivity index (χ3v) is 6.18. The lowest BCUT2D eigenvalue weighted by Crippen LogP contribution is -2.61. The minimum Gasteiger partial charge on any atom is -0.481 e. The number of nitrogen functional groups attached to an aromatic ring is 1. The molecule has 0 bridgehead atoms. The average molecular weight is 528 g/mol. The van der Waals surface area contributed by atoms with E-state index < -0.39 is 23.5 Å². The van der Waals surface area contributed by atoms with E-state index in [0.29, 0.717) is 28.2 Å². The fourth-order valence-electron chi connectivity index (χ4n) is 3.92. The SMILES string of the molecule is COc1cc(-n2cc(Cl)c(N3CCO[C@H]([C@@](C)(O)C(=O)Nc4ccc5c(N)noc5c4)C3=O)n2)ccn1. The number of anilines is 3. The molecule has 0 unspecified atom stereocenters. The summed E-state index contributed by atoms with van der Waals surface area (Å²) in [4.78, 5) is 31.8. The van der Waals surface area contributed by atoms with Crippen LogP contribution in [-0.4, -0.2) is 68.8 Å². The molecule has 37 heavy (non-hydrogen) atoms. The average Bonchev–Trinajstić information content (AvgIpc) is 3.46. The Balaban J connectivity index is 1.36. The van der Waals surface area contributed by atoms with E-state index in [4.69, 9.17) is 31.3 Å². The Kier molecular flexibility index (Phi) is 6.19. The third-order valence-electron chi connectivity index (χ3n) is 5.92. The molecule has 2 atom stereocenters. The molecule has 1 aliphatic heterocycles. The van der Waals surface area contributed by atoms with E-state index in [1.807, 2.05) is 0 Å². The van der Waals surface area contributed by atoms with Gasteiger partial charge in [0.2, 0.25) is 5.88 Å². The highest BCUT2D eigenvalue weighted by molar-refractivity contribution is 6.33. The van der Waals surface area contributed by atoms with Crippen molar-refractivity contribution in [3.05, 3.63) is 47.7 Å². The van der Waals surface area contributed by atoms with Crippen LogP contribution in [0.25, 0.3) is 16.7 Å². The summed E-state index contributed by atoms with van der Waals surface area (Å²) >= 11 is 6.42. The standard InChI is InChI=1S/C23H22ClN7O6/c1-23(34,22(33)27-12-3-4-14-16(9-12)37-29-19(14)25)18-21(32)30(7-8-36-18)20-15(24)11-31(28-20)13-5-6-26-17(10-13)35-2/h3-6,9-11,18,34H,7-8H2,1-2H3,(H2,25,29)(H,27,33)/t18-,23+/m0/s1. The molecular weight excluding hydrogens is 506 g/mol. The Labute approximate surface area is 214 Å². The number of aromatic nitrogens is 4. The number of pyridine rings is 1. The molecule has 1 aromatic carbocycles. The van der Waals surface area contributed by atoms with E-state index in [0.717, 1.165) is 0 Å². The summed E-state index contributed by atoms with van der Waals surface area (Å²) < 4.78 is 17.3. The van der Waals surface area contributed by atoms with Crippen molar-refractivity contribution in [2.24, 2.45) is 0 Å². The summed E-state index contributed by atoms with van der Waals surface area (Å²) in [7, 11) is 1.49. The van der Waals surface area contributed by atoms with Gasteiger partial charge in [0.05, 0.1) is 37.5 Å². The summed E-state index contributed by atoms with van der Waals surface area (Å²) in [6.45, 7) is 1.35. The molecule has 3 aromatic heterocycles. The predicted octanol–water partition coefficient (Wildman–Crippen LogP) is 1.77. The molecule has 4 heterocycles. The van der Waals surface area contributed by atoms with Crippen molar-refractivity contribution < 1.29 is 28.7 Å². The monoisotopic (exact) mass is 527 g/mol. The molecule has 1 aliphatic rings. The number of nitrogens with zero attached hydrogens (tertiary/aromatic N) is 5. The Bertz CT molecular complexity index is 1500. The molecule has 13 nitrogen and oxygen atoms in total. The number of ether oxygens (including phenoxy) is 2. The number of hydrogen-bond donors (Lipinski definition) is 3. The van der Waals surface area contributed by atoms with Crippen LogP contribution >= 0.6 is 11.6 Å². The summed E-state index contributed by atoms with van der Waals surface area (Å²) in [5.74, 6) is -0.795. The number of nitrogens with one attached hydrogen (secondary N) is 1. The zero-order valence-electron chi connectivity index (χ0n) is 19.7. The molecular formula is C23H22ClN7O6. The van der Waals surface area contributed by atoms with E-state index in [2.05, 4.69) is 20.6 Å². The summed E-state index contributed by atoms with van der Waals surface area (Å²) in [6, 6.07) is 8.03.